The van der Waals surface area contributed by atoms with Crippen molar-refractivity contribution in [2.45, 2.75) is 33.4 Å². The van der Waals surface area contributed by atoms with E-state index in [9.17, 15) is 19.5 Å². The van der Waals surface area contributed by atoms with E-state index in [0.717, 1.165) is 3.57 Å². The van der Waals surface area contributed by atoms with Crippen LogP contribution in [0.15, 0.2) is 75.7 Å². The van der Waals surface area contributed by atoms with Crippen LogP contribution in [0.5, 0.6) is 23.0 Å². The number of fused-ring (bicyclic) bond motifs is 1. The second kappa shape index (κ2) is 15.1. The van der Waals surface area contributed by atoms with E-state index in [4.69, 9.17) is 23.7 Å². The first-order chi connectivity index (χ1) is 23.1. The zero-order valence-electron chi connectivity index (χ0n) is 26.9. The molecule has 4 aromatic rings. The van der Waals surface area contributed by atoms with Gasteiger partial charge >= 0.3 is 11.9 Å². The van der Waals surface area contributed by atoms with Gasteiger partial charge in [0.25, 0.3) is 5.56 Å². The zero-order chi connectivity index (χ0) is 34.5. The third-order valence-corrected chi connectivity index (χ3v) is 9.21. The van der Waals surface area contributed by atoms with Crippen molar-refractivity contribution in [2.75, 3.05) is 27.4 Å². The summed E-state index contributed by atoms with van der Waals surface area (Å²) >= 11 is 3.34. The van der Waals surface area contributed by atoms with Crippen molar-refractivity contribution in [3.05, 3.63) is 111 Å². The van der Waals surface area contributed by atoms with E-state index in [0.29, 0.717) is 61.3 Å². The molecule has 0 saturated heterocycles. The molecule has 1 N–H and O–H groups in total. The lowest BCUT2D eigenvalue weighted by Gasteiger charge is -2.25. The maximum Gasteiger partial charge on any atom is 0.338 e. The number of aromatic carboxylic acids is 1. The number of nitrogens with zero attached hydrogens (tertiary/aromatic N) is 2. The number of carbonyl (C=O) groups is 2. The molecule has 1 atom stereocenters. The summed E-state index contributed by atoms with van der Waals surface area (Å²) in [6.45, 7) is 6.00. The lowest BCUT2D eigenvalue weighted by Crippen LogP contribution is -2.40. The van der Waals surface area contributed by atoms with Crippen LogP contribution in [0.25, 0.3) is 6.08 Å². The number of halogens is 1. The number of benzene rings is 3. The highest BCUT2D eigenvalue weighted by atomic mass is 127. The average molecular weight is 785 g/mol. The molecule has 0 aliphatic carbocycles. The van der Waals surface area contributed by atoms with Crippen molar-refractivity contribution in [3.8, 4) is 23.0 Å². The van der Waals surface area contributed by atoms with Crippen LogP contribution in [-0.4, -0.2) is 49.0 Å². The number of ether oxygens (including phenoxy) is 5. The van der Waals surface area contributed by atoms with Gasteiger partial charge in [-0.15, -0.1) is 0 Å². The Morgan fingerprint density at radius 3 is 2.46 bits per heavy atom. The molecular formula is C35H33IN2O9S. The average Bonchev–Trinajstić information content (AvgIpc) is 3.37. The smallest absolute Gasteiger partial charge is 0.338 e. The molecule has 48 heavy (non-hydrogen) atoms. The molecule has 0 amide bonds. The third kappa shape index (κ3) is 7.11. The summed E-state index contributed by atoms with van der Waals surface area (Å²) in [4.78, 5) is 43.9. The van der Waals surface area contributed by atoms with Gasteiger partial charge in [0.15, 0.2) is 27.8 Å². The summed E-state index contributed by atoms with van der Waals surface area (Å²) in [6, 6.07) is 14.6. The first kappa shape index (κ1) is 34.7. The van der Waals surface area contributed by atoms with Gasteiger partial charge < -0.3 is 28.8 Å². The van der Waals surface area contributed by atoms with Crippen LogP contribution in [0, 0.1) is 3.57 Å². The van der Waals surface area contributed by atoms with Crippen molar-refractivity contribution in [2.24, 2.45) is 4.99 Å². The maximum atomic E-state index is 14.2. The highest BCUT2D eigenvalue weighted by molar-refractivity contribution is 14.1. The number of methoxy groups -OCH3 is 2. The van der Waals surface area contributed by atoms with E-state index in [1.807, 2.05) is 13.0 Å². The second-order valence-corrected chi connectivity index (χ2v) is 12.6. The van der Waals surface area contributed by atoms with Crippen LogP contribution in [0.3, 0.4) is 0 Å². The van der Waals surface area contributed by atoms with Gasteiger partial charge in [0.2, 0.25) is 0 Å². The molecule has 11 nitrogen and oxygen atoms in total. The summed E-state index contributed by atoms with van der Waals surface area (Å²) in [5.41, 5.74) is 2.55. The van der Waals surface area contributed by atoms with Crippen molar-refractivity contribution >= 4 is 51.9 Å². The number of thiazole rings is 1. The fraction of sp³-hybridized carbons (Fsp3) is 0.257. The number of carboxylic acids is 1. The number of carbonyl (C=O) groups excluding carboxylic acids is 1. The summed E-state index contributed by atoms with van der Waals surface area (Å²) < 4.78 is 31.0. The molecule has 3 aromatic carbocycles. The molecule has 0 spiro atoms. The summed E-state index contributed by atoms with van der Waals surface area (Å²) in [5, 5.41) is 9.31. The maximum absolute atomic E-state index is 14.2. The molecule has 0 radical (unpaired) electrons. The Hall–Kier alpha value is -4.63. The highest BCUT2D eigenvalue weighted by Gasteiger charge is 2.34. The number of aromatic nitrogens is 1. The van der Waals surface area contributed by atoms with Crippen molar-refractivity contribution in [1.82, 2.24) is 4.57 Å². The number of hydrogen-bond acceptors (Lipinski definition) is 10. The van der Waals surface area contributed by atoms with Gasteiger partial charge in [-0.3, -0.25) is 9.36 Å². The molecule has 0 unspecified atom stereocenters. The van der Waals surface area contributed by atoms with E-state index >= 15 is 0 Å². The van der Waals surface area contributed by atoms with Crippen LogP contribution in [0.4, 0.5) is 0 Å². The van der Waals surface area contributed by atoms with E-state index in [-0.39, 0.29) is 29.9 Å². The SMILES string of the molecule is CCOC(=O)C1=C(C)N=c2s/c(=C\c3cc(I)c(OCc4cccc(C(=O)O)c4)c(OC)c3)c(=O)n2[C@@H]1c1ccc(OC)c(OCC)c1. The molecule has 13 heteroatoms. The van der Waals surface area contributed by atoms with E-state index < -0.39 is 18.0 Å². The van der Waals surface area contributed by atoms with Crippen LogP contribution >= 0.6 is 33.9 Å². The van der Waals surface area contributed by atoms with Crippen LogP contribution in [0.1, 0.15) is 53.9 Å². The summed E-state index contributed by atoms with van der Waals surface area (Å²) in [5.74, 6) is 0.354. The van der Waals surface area contributed by atoms with E-state index in [2.05, 4.69) is 27.6 Å². The van der Waals surface area contributed by atoms with Gasteiger partial charge in [-0.1, -0.05) is 29.5 Å². The Kier molecular flexibility index (Phi) is 10.9. The minimum Gasteiger partial charge on any atom is -0.493 e. The summed E-state index contributed by atoms with van der Waals surface area (Å²) in [7, 11) is 3.07. The zero-order valence-corrected chi connectivity index (χ0v) is 29.8. The Morgan fingerprint density at radius 1 is 1.00 bits per heavy atom. The molecule has 250 valence electrons. The molecule has 1 aromatic heterocycles. The molecule has 5 rings (SSSR count). The van der Waals surface area contributed by atoms with E-state index in [1.54, 1.807) is 69.5 Å². The first-order valence-corrected chi connectivity index (χ1v) is 16.8. The van der Waals surface area contributed by atoms with Gasteiger partial charge in [0, 0.05) is 0 Å². The molecule has 1 aliphatic heterocycles. The quantitative estimate of drug-likeness (QED) is 0.154. The Labute approximate surface area is 293 Å². The Morgan fingerprint density at radius 2 is 1.77 bits per heavy atom. The minimum absolute atomic E-state index is 0.129. The lowest BCUT2D eigenvalue weighted by atomic mass is 9.95. The normalized spacial score (nSPS) is 14.2. The van der Waals surface area contributed by atoms with Crippen molar-refractivity contribution in [3.63, 3.8) is 0 Å². The number of allylic oxidation sites excluding steroid dienone is 1. The molecule has 1 aliphatic rings. The number of esters is 1. The molecule has 0 bridgehead atoms. The molecule has 0 fully saturated rings. The lowest BCUT2D eigenvalue weighted by molar-refractivity contribution is -0.139. The molecule has 0 saturated carbocycles. The number of rotatable bonds is 12. The largest absolute Gasteiger partial charge is 0.493 e. The standard InChI is InChI=1S/C35H33IN2O9S/c1-6-45-26-17-22(11-12-25(26)43-4)30-29(34(42)46-7-2)19(3)37-35-38(30)32(39)28(48-35)16-21-14-24(36)31(27(15-21)44-5)47-18-20-9-8-10-23(13-20)33(40)41/h8-17,30H,6-7,18H2,1-5H3,(H,40,41)/b28-16-/t30-/m1/s1. The van der Waals surface area contributed by atoms with Crippen molar-refractivity contribution in [1.29, 1.82) is 0 Å². The Bertz CT molecular complexity index is 2100. The fourth-order valence-corrected chi connectivity index (χ4v) is 7.13. The monoisotopic (exact) mass is 784 g/mol. The fourth-order valence-electron chi connectivity index (χ4n) is 5.30. The van der Waals surface area contributed by atoms with Gasteiger partial charge in [-0.2, -0.15) is 0 Å². The van der Waals surface area contributed by atoms with Gasteiger partial charge in [-0.25, -0.2) is 14.6 Å². The van der Waals surface area contributed by atoms with Gasteiger partial charge in [0.1, 0.15) is 6.61 Å². The molecule has 2 heterocycles. The predicted molar refractivity (Wildman–Crippen MR) is 188 cm³/mol. The number of hydrogen-bond donors (Lipinski definition) is 1. The molecular weight excluding hydrogens is 751 g/mol. The van der Waals surface area contributed by atoms with Crippen LogP contribution < -0.4 is 33.8 Å². The summed E-state index contributed by atoms with van der Waals surface area (Å²) in [6.07, 6.45) is 1.74. The van der Waals surface area contributed by atoms with E-state index in [1.165, 1.54) is 29.1 Å². The topological polar surface area (TPSA) is 135 Å². The van der Waals surface area contributed by atoms with Gasteiger partial charge in [0.05, 0.1) is 58.4 Å². The highest BCUT2D eigenvalue weighted by Crippen LogP contribution is 2.37. The minimum atomic E-state index is -1.02. The van der Waals surface area contributed by atoms with Crippen LogP contribution in [0.2, 0.25) is 0 Å². The predicted octanol–water partition coefficient (Wildman–Crippen LogP) is 5.10. The van der Waals surface area contributed by atoms with Crippen molar-refractivity contribution < 1.29 is 38.4 Å². The number of carboxylic acid groups (broad SMARTS) is 1. The van der Waals surface area contributed by atoms with Crippen LogP contribution in [-0.2, 0) is 16.1 Å². The third-order valence-electron chi connectivity index (χ3n) is 7.43. The van der Waals surface area contributed by atoms with Gasteiger partial charge in [-0.05, 0) is 103 Å². The Balaban J connectivity index is 1.58. The first-order valence-electron chi connectivity index (χ1n) is 14.9. The second-order valence-electron chi connectivity index (χ2n) is 10.5.